The van der Waals surface area contributed by atoms with Crippen LogP contribution in [-0.4, -0.2) is 31.6 Å². The summed E-state index contributed by atoms with van der Waals surface area (Å²) in [6, 6.07) is 7.30. The molecule has 5 heteroatoms. The largest absolute Gasteiger partial charge is 0.462 e. The zero-order valence-electron chi connectivity index (χ0n) is 10.1. The summed E-state index contributed by atoms with van der Waals surface area (Å²) in [6.07, 6.45) is 3.33. The van der Waals surface area contributed by atoms with E-state index < -0.39 is 0 Å². The van der Waals surface area contributed by atoms with Crippen molar-refractivity contribution < 1.29 is 9.53 Å². The number of halogens is 1. The number of esters is 1. The molecule has 0 radical (unpaired) electrons. The first-order chi connectivity index (χ1) is 8.33. The molecule has 1 unspecified atom stereocenters. The summed E-state index contributed by atoms with van der Waals surface area (Å²) >= 11 is 0. The first kappa shape index (κ1) is 14.4. The molecule has 0 aromatic heterocycles. The Morgan fingerprint density at radius 3 is 2.83 bits per heavy atom. The number of hydrogen-bond acceptors (Lipinski definition) is 4. The second kappa shape index (κ2) is 6.91. The average molecular weight is 267 g/mol. The van der Waals surface area contributed by atoms with Gasteiger partial charge in [-0.15, -0.1) is 12.4 Å². The normalized spacial score (nSPS) is 17.1. The van der Waals surface area contributed by atoms with Crippen LogP contribution in [0.2, 0.25) is 0 Å². The Balaban J connectivity index is 0.00000162. The van der Waals surface area contributed by atoms with Crippen LogP contribution >= 0.6 is 12.4 Å². The first-order valence-corrected chi connectivity index (χ1v) is 5.60. The second-order valence-electron chi connectivity index (χ2n) is 3.64. The highest BCUT2D eigenvalue weighted by molar-refractivity contribution is 6.16. The van der Waals surface area contributed by atoms with Crippen LogP contribution in [-0.2, 0) is 4.74 Å². The minimum atomic E-state index is -0.298. The third-order valence-corrected chi connectivity index (χ3v) is 2.53. The number of aliphatic imine (C=N–C) groups is 2. The fourth-order valence-corrected chi connectivity index (χ4v) is 1.76. The summed E-state index contributed by atoms with van der Waals surface area (Å²) in [5.74, 6) is -0.298. The molecule has 4 nitrogen and oxygen atoms in total. The van der Waals surface area contributed by atoms with Gasteiger partial charge in [-0.25, -0.2) is 4.79 Å². The van der Waals surface area contributed by atoms with E-state index in [0.29, 0.717) is 18.7 Å². The fraction of sp³-hybridized carbons (Fsp3) is 0.308. The molecule has 18 heavy (non-hydrogen) atoms. The topological polar surface area (TPSA) is 51.0 Å². The average Bonchev–Trinajstić information content (AvgIpc) is 2.40. The monoisotopic (exact) mass is 266 g/mol. The van der Waals surface area contributed by atoms with E-state index >= 15 is 0 Å². The summed E-state index contributed by atoms with van der Waals surface area (Å²) < 4.78 is 5.03. The third kappa shape index (κ3) is 3.17. The van der Waals surface area contributed by atoms with Crippen LogP contribution in [0.3, 0.4) is 0 Å². The van der Waals surface area contributed by atoms with Crippen LogP contribution in [0.15, 0.2) is 34.3 Å². The Hall–Kier alpha value is -1.68. The van der Waals surface area contributed by atoms with Crippen molar-refractivity contribution in [2.75, 3.05) is 13.2 Å². The van der Waals surface area contributed by atoms with Crippen LogP contribution in [0, 0.1) is 0 Å². The van der Waals surface area contributed by atoms with Gasteiger partial charge in [-0.05, 0) is 18.6 Å². The number of carbonyl (C=O) groups excluding carboxylic acids is 1. The maximum Gasteiger partial charge on any atom is 0.338 e. The summed E-state index contributed by atoms with van der Waals surface area (Å²) in [5.41, 5.74) is 1.45. The van der Waals surface area contributed by atoms with Gasteiger partial charge in [0.25, 0.3) is 0 Å². The molecule has 1 atom stereocenters. The Kier molecular flexibility index (Phi) is 5.52. The summed E-state index contributed by atoms with van der Waals surface area (Å²) in [7, 11) is 0. The number of carbonyl (C=O) groups is 1. The van der Waals surface area contributed by atoms with E-state index in [1.165, 1.54) is 0 Å². The standard InChI is InChI=1S/C13H14N2O2.ClH/c1-2-17-13(16)11-6-4-3-5-10(11)12-9-14-7-8-15-12;/h3-8,12H,2,9H2,1H3;1H. The SMILES string of the molecule is CCOC(=O)c1ccccc1C1CN=CC=N1.Cl. The molecular weight excluding hydrogens is 252 g/mol. The molecule has 0 saturated heterocycles. The van der Waals surface area contributed by atoms with Gasteiger partial charge >= 0.3 is 5.97 Å². The lowest BCUT2D eigenvalue weighted by Crippen LogP contribution is -2.13. The molecule has 96 valence electrons. The van der Waals surface area contributed by atoms with Crippen molar-refractivity contribution in [3.63, 3.8) is 0 Å². The van der Waals surface area contributed by atoms with E-state index in [1.54, 1.807) is 25.4 Å². The molecule has 0 amide bonds. The van der Waals surface area contributed by atoms with Crippen molar-refractivity contribution in [3.05, 3.63) is 35.4 Å². The van der Waals surface area contributed by atoms with Crippen molar-refractivity contribution in [2.45, 2.75) is 13.0 Å². The van der Waals surface area contributed by atoms with E-state index in [0.717, 1.165) is 5.56 Å². The molecule has 2 rings (SSSR count). The van der Waals surface area contributed by atoms with Crippen LogP contribution < -0.4 is 0 Å². The Labute approximate surface area is 112 Å². The molecule has 1 aromatic carbocycles. The molecule has 1 aliphatic heterocycles. The molecule has 0 saturated carbocycles. The van der Waals surface area contributed by atoms with Gasteiger partial charge in [-0.2, -0.15) is 0 Å². The number of benzene rings is 1. The molecule has 0 fully saturated rings. The van der Waals surface area contributed by atoms with Crippen LogP contribution in [0.5, 0.6) is 0 Å². The van der Waals surface area contributed by atoms with Crippen LogP contribution in [0.25, 0.3) is 0 Å². The van der Waals surface area contributed by atoms with Gasteiger partial charge < -0.3 is 4.74 Å². The second-order valence-corrected chi connectivity index (χ2v) is 3.64. The Morgan fingerprint density at radius 1 is 1.39 bits per heavy atom. The highest BCUT2D eigenvalue weighted by atomic mass is 35.5. The van der Waals surface area contributed by atoms with Crippen molar-refractivity contribution >= 4 is 30.8 Å². The predicted octanol–water partition coefficient (Wildman–Crippen LogP) is 2.48. The van der Waals surface area contributed by atoms with E-state index in [-0.39, 0.29) is 24.4 Å². The van der Waals surface area contributed by atoms with Crippen molar-refractivity contribution in [3.8, 4) is 0 Å². The lowest BCUT2D eigenvalue weighted by atomic mass is 10.0. The molecule has 1 aliphatic rings. The number of nitrogens with zero attached hydrogens (tertiary/aromatic N) is 2. The van der Waals surface area contributed by atoms with Gasteiger partial charge in [0.2, 0.25) is 0 Å². The third-order valence-electron chi connectivity index (χ3n) is 2.53. The maximum atomic E-state index is 11.8. The van der Waals surface area contributed by atoms with E-state index in [9.17, 15) is 4.79 Å². The molecule has 0 spiro atoms. The van der Waals surface area contributed by atoms with E-state index in [2.05, 4.69) is 9.98 Å². The number of rotatable bonds is 3. The quantitative estimate of drug-likeness (QED) is 0.789. The van der Waals surface area contributed by atoms with E-state index in [4.69, 9.17) is 4.74 Å². The highest BCUT2D eigenvalue weighted by Gasteiger charge is 2.19. The summed E-state index contributed by atoms with van der Waals surface area (Å²) in [4.78, 5) is 20.3. The lowest BCUT2D eigenvalue weighted by molar-refractivity contribution is 0.0524. The van der Waals surface area contributed by atoms with Gasteiger partial charge in [0.05, 0.1) is 24.8 Å². The Bertz CT molecular complexity index is 472. The zero-order chi connectivity index (χ0) is 12.1. The summed E-state index contributed by atoms with van der Waals surface area (Å²) in [5, 5.41) is 0. The van der Waals surface area contributed by atoms with Crippen molar-refractivity contribution in [1.82, 2.24) is 0 Å². The van der Waals surface area contributed by atoms with Gasteiger partial charge in [-0.1, -0.05) is 18.2 Å². The predicted molar refractivity (Wildman–Crippen MR) is 74.2 cm³/mol. The van der Waals surface area contributed by atoms with Gasteiger partial charge in [-0.3, -0.25) is 9.98 Å². The maximum absolute atomic E-state index is 11.8. The van der Waals surface area contributed by atoms with Crippen LogP contribution in [0.4, 0.5) is 0 Å². The molecule has 0 bridgehead atoms. The van der Waals surface area contributed by atoms with Crippen molar-refractivity contribution in [1.29, 1.82) is 0 Å². The molecule has 1 heterocycles. The number of ether oxygens (including phenoxy) is 1. The summed E-state index contributed by atoms with van der Waals surface area (Å²) in [6.45, 7) is 2.75. The molecule has 1 aromatic rings. The van der Waals surface area contributed by atoms with Gasteiger partial charge in [0, 0.05) is 12.4 Å². The van der Waals surface area contributed by atoms with E-state index in [1.807, 2.05) is 18.2 Å². The van der Waals surface area contributed by atoms with Gasteiger partial charge in [0.15, 0.2) is 0 Å². The minimum Gasteiger partial charge on any atom is -0.462 e. The molecule has 0 N–H and O–H groups in total. The molecular formula is C13H15ClN2O2. The fourth-order valence-electron chi connectivity index (χ4n) is 1.76. The van der Waals surface area contributed by atoms with Gasteiger partial charge in [0.1, 0.15) is 0 Å². The molecule has 0 aliphatic carbocycles. The van der Waals surface area contributed by atoms with Crippen LogP contribution in [0.1, 0.15) is 28.9 Å². The zero-order valence-corrected chi connectivity index (χ0v) is 10.9. The smallest absolute Gasteiger partial charge is 0.338 e. The minimum absolute atomic E-state index is 0. The number of hydrogen-bond donors (Lipinski definition) is 0. The van der Waals surface area contributed by atoms with Crippen molar-refractivity contribution in [2.24, 2.45) is 9.98 Å². The lowest BCUT2D eigenvalue weighted by Gasteiger charge is -2.15. The first-order valence-electron chi connectivity index (χ1n) is 5.60. The highest BCUT2D eigenvalue weighted by Crippen LogP contribution is 2.23. The Morgan fingerprint density at radius 2 is 2.17 bits per heavy atom.